The van der Waals surface area contributed by atoms with Gasteiger partial charge in [-0.25, -0.2) is 4.68 Å². The molecule has 0 radical (unpaired) electrons. The van der Waals surface area contributed by atoms with Crippen LogP contribution < -0.4 is 11.1 Å². The Morgan fingerprint density at radius 1 is 1.32 bits per heavy atom. The van der Waals surface area contributed by atoms with Crippen LogP contribution in [0, 0.1) is 0 Å². The van der Waals surface area contributed by atoms with Gasteiger partial charge in [0.1, 0.15) is 11.9 Å². The van der Waals surface area contributed by atoms with Gasteiger partial charge in [-0.05, 0) is 5.56 Å². The molecule has 0 bridgehead atoms. The van der Waals surface area contributed by atoms with Crippen LogP contribution in [0.3, 0.4) is 0 Å². The minimum absolute atomic E-state index is 0. The zero-order chi connectivity index (χ0) is 17.7. The maximum Gasteiger partial charge on any atom is 0.244 e. The van der Waals surface area contributed by atoms with Crippen LogP contribution in [0.1, 0.15) is 32.0 Å². The van der Waals surface area contributed by atoms with Gasteiger partial charge in [0.05, 0.1) is 18.8 Å². The highest BCUT2D eigenvalue weighted by atomic mass is 35.5. The first-order valence-electron chi connectivity index (χ1n) is 7.99. The van der Waals surface area contributed by atoms with Crippen molar-refractivity contribution < 1.29 is 9.53 Å². The Bertz CT molecular complexity index is 680. The summed E-state index contributed by atoms with van der Waals surface area (Å²) in [6.45, 7) is 7.01. The molecule has 0 fully saturated rings. The SMILES string of the molecule is COCC(N)C(=O)Nc1cc(C(C)(C)C)nn1Cc1ccccc1.Cl. The number of ether oxygens (including phenoxy) is 1. The van der Waals surface area contributed by atoms with Gasteiger partial charge in [0.2, 0.25) is 5.91 Å². The number of nitrogens with two attached hydrogens (primary N) is 1. The van der Waals surface area contributed by atoms with Gasteiger partial charge in [-0.2, -0.15) is 5.10 Å². The molecule has 1 amide bonds. The molecule has 1 atom stereocenters. The van der Waals surface area contributed by atoms with Crippen molar-refractivity contribution in [3.63, 3.8) is 0 Å². The fourth-order valence-electron chi connectivity index (χ4n) is 2.23. The molecule has 6 nitrogen and oxygen atoms in total. The van der Waals surface area contributed by atoms with Gasteiger partial charge in [0, 0.05) is 18.6 Å². The van der Waals surface area contributed by atoms with E-state index >= 15 is 0 Å². The van der Waals surface area contributed by atoms with Crippen LogP contribution >= 0.6 is 12.4 Å². The van der Waals surface area contributed by atoms with Gasteiger partial charge in [-0.15, -0.1) is 12.4 Å². The topological polar surface area (TPSA) is 82.2 Å². The molecule has 0 aliphatic carbocycles. The normalized spacial score (nSPS) is 12.4. The van der Waals surface area contributed by atoms with Gasteiger partial charge in [-0.1, -0.05) is 51.1 Å². The summed E-state index contributed by atoms with van der Waals surface area (Å²) in [6, 6.07) is 11.2. The molecule has 138 valence electrons. The quantitative estimate of drug-likeness (QED) is 0.823. The van der Waals surface area contributed by atoms with Crippen LogP contribution in [-0.2, 0) is 21.5 Å². The summed E-state index contributed by atoms with van der Waals surface area (Å²) in [4.78, 5) is 12.2. The number of nitrogens with zero attached hydrogens (tertiary/aromatic N) is 2. The van der Waals surface area contributed by atoms with Crippen LogP contribution in [0.25, 0.3) is 0 Å². The second kappa shape index (κ2) is 8.99. The number of aromatic nitrogens is 2. The van der Waals surface area contributed by atoms with E-state index < -0.39 is 6.04 Å². The molecule has 0 aliphatic rings. The fourth-order valence-corrected chi connectivity index (χ4v) is 2.23. The van der Waals surface area contributed by atoms with Crippen LogP contribution in [0.4, 0.5) is 5.82 Å². The molecule has 0 spiro atoms. The molecule has 3 N–H and O–H groups in total. The third-order valence-electron chi connectivity index (χ3n) is 3.66. The van der Waals surface area contributed by atoms with Crippen molar-refractivity contribution in [2.45, 2.75) is 38.8 Å². The number of anilines is 1. The van der Waals surface area contributed by atoms with Crippen LogP contribution in [0.2, 0.25) is 0 Å². The number of amides is 1. The second-order valence-corrected chi connectivity index (χ2v) is 6.86. The lowest BCUT2D eigenvalue weighted by Gasteiger charge is -2.14. The second-order valence-electron chi connectivity index (χ2n) is 6.86. The molecule has 1 aromatic carbocycles. The zero-order valence-corrected chi connectivity index (χ0v) is 16.0. The standard InChI is InChI=1S/C18H26N4O2.ClH/c1-18(2,3)15-10-16(20-17(23)14(19)12-24-4)22(21-15)11-13-8-6-5-7-9-13;/h5-10,14H,11-12,19H2,1-4H3,(H,20,23);1H. The van der Waals surface area contributed by atoms with Crippen LogP contribution in [0.15, 0.2) is 36.4 Å². The first-order chi connectivity index (χ1) is 11.3. The van der Waals surface area contributed by atoms with E-state index in [9.17, 15) is 4.79 Å². The summed E-state index contributed by atoms with van der Waals surface area (Å²) < 4.78 is 6.74. The highest BCUT2D eigenvalue weighted by Crippen LogP contribution is 2.24. The number of benzene rings is 1. The van der Waals surface area contributed by atoms with E-state index in [0.29, 0.717) is 12.4 Å². The van der Waals surface area contributed by atoms with E-state index in [1.54, 1.807) is 4.68 Å². The maximum absolute atomic E-state index is 12.2. The van der Waals surface area contributed by atoms with Crippen molar-refractivity contribution in [3.8, 4) is 0 Å². The molecule has 2 rings (SSSR count). The maximum atomic E-state index is 12.2. The summed E-state index contributed by atoms with van der Waals surface area (Å²) in [5.41, 5.74) is 7.71. The summed E-state index contributed by atoms with van der Waals surface area (Å²) in [5, 5.41) is 7.53. The first-order valence-corrected chi connectivity index (χ1v) is 7.99. The molecule has 2 aromatic rings. The average Bonchev–Trinajstić information content (AvgIpc) is 2.91. The number of carbonyl (C=O) groups excluding carboxylic acids is 1. The number of rotatable bonds is 6. The molecule has 0 saturated carbocycles. The lowest BCUT2D eigenvalue weighted by atomic mass is 9.92. The molecular formula is C18H27ClN4O2. The Morgan fingerprint density at radius 2 is 1.96 bits per heavy atom. The number of hydrogen-bond acceptors (Lipinski definition) is 4. The van der Waals surface area contributed by atoms with Gasteiger partial charge in [0.15, 0.2) is 0 Å². The highest BCUT2D eigenvalue weighted by molar-refractivity contribution is 5.94. The van der Waals surface area contributed by atoms with E-state index in [1.165, 1.54) is 7.11 Å². The Hall–Kier alpha value is -1.89. The largest absolute Gasteiger partial charge is 0.383 e. The van der Waals surface area contributed by atoms with Gasteiger partial charge in [-0.3, -0.25) is 4.79 Å². The smallest absolute Gasteiger partial charge is 0.244 e. The Labute approximate surface area is 155 Å². The number of carbonyl (C=O) groups is 1. The van der Waals surface area contributed by atoms with E-state index in [4.69, 9.17) is 10.5 Å². The van der Waals surface area contributed by atoms with E-state index in [-0.39, 0.29) is 30.3 Å². The fraction of sp³-hybridized carbons (Fsp3) is 0.444. The van der Waals surface area contributed by atoms with Crippen LogP contribution in [-0.4, -0.2) is 35.4 Å². The third-order valence-corrected chi connectivity index (χ3v) is 3.66. The minimum atomic E-state index is -0.715. The molecule has 25 heavy (non-hydrogen) atoms. The highest BCUT2D eigenvalue weighted by Gasteiger charge is 2.22. The number of methoxy groups -OCH3 is 1. The summed E-state index contributed by atoms with van der Waals surface area (Å²) in [7, 11) is 1.52. The average molecular weight is 367 g/mol. The van der Waals surface area contributed by atoms with Gasteiger partial charge in [0.25, 0.3) is 0 Å². The van der Waals surface area contributed by atoms with Crippen molar-refractivity contribution in [1.29, 1.82) is 0 Å². The molecule has 7 heteroatoms. The lowest BCUT2D eigenvalue weighted by molar-refractivity contribution is -0.118. The van der Waals surface area contributed by atoms with E-state index in [2.05, 4.69) is 31.2 Å². The van der Waals surface area contributed by atoms with Crippen molar-refractivity contribution in [1.82, 2.24) is 9.78 Å². The third kappa shape index (κ3) is 5.85. The van der Waals surface area contributed by atoms with Gasteiger partial charge >= 0.3 is 0 Å². The molecule has 1 unspecified atom stereocenters. The summed E-state index contributed by atoms with van der Waals surface area (Å²) in [6.07, 6.45) is 0. The van der Waals surface area contributed by atoms with Crippen LogP contribution in [0.5, 0.6) is 0 Å². The molecule has 1 heterocycles. The van der Waals surface area contributed by atoms with Crippen molar-refractivity contribution in [2.24, 2.45) is 5.73 Å². The Balaban J connectivity index is 0.00000312. The first kappa shape index (κ1) is 21.2. The molecule has 1 aromatic heterocycles. The monoisotopic (exact) mass is 366 g/mol. The predicted octanol–water partition coefficient (Wildman–Crippen LogP) is 2.56. The summed E-state index contributed by atoms with van der Waals surface area (Å²) >= 11 is 0. The number of hydrogen-bond donors (Lipinski definition) is 2. The summed E-state index contributed by atoms with van der Waals surface area (Å²) in [5.74, 6) is 0.354. The predicted molar refractivity (Wildman–Crippen MR) is 102 cm³/mol. The lowest BCUT2D eigenvalue weighted by Crippen LogP contribution is -2.39. The Kier molecular flexibility index (Phi) is 7.60. The van der Waals surface area contributed by atoms with Crippen molar-refractivity contribution >= 4 is 24.1 Å². The zero-order valence-electron chi connectivity index (χ0n) is 15.2. The van der Waals surface area contributed by atoms with Crippen molar-refractivity contribution in [2.75, 3.05) is 19.0 Å². The molecule has 0 saturated heterocycles. The molecule has 0 aliphatic heterocycles. The molecular weight excluding hydrogens is 340 g/mol. The number of halogens is 1. The van der Waals surface area contributed by atoms with E-state index in [1.807, 2.05) is 36.4 Å². The van der Waals surface area contributed by atoms with Gasteiger partial charge < -0.3 is 15.8 Å². The number of nitrogens with one attached hydrogen (secondary N) is 1. The van der Waals surface area contributed by atoms with E-state index in [0.717, 1.165) is 11.3 Å². The Morgan fingerprint density at radius 3 is 2.52 bits per heavy atom. The van der Waals surface area contributed by atoms with Crippen molar-refractivity contribution in [3.05, 3.63) is 47.7 Å². The minimum Gasteiger partial charge on any atom is -0.383 e.